The van der Waals surface area contributed by atoms with Crippen molar-refractivity contribution >= 4 is 12.1 Å². The molecule has 0 aliphatic rings. The van der Waals surface area contributed by atoms with E-state index in [1.165, 1.54) is 5.56 Å². The normalized spacial score (nSPS) is 10.8. The Morgan fingerprint density at radius 3 is 2.56 bits per heavy atom. The number of hydrazone groups is 1. The predicted molar refractivity (Wildman–Crippen MR) is 96.8 cm³/mol. The molecule has 6 heteroatoms. The lowest BCUT2D eigenvalue weighted by Gasteiger charge is -2.00. The number of aromatic amines is 1. The fourth-order valence-corrected chi connectivity index (χ4v) is 2.23. The number of hydrogen-bond donors (Lipinski definition) is 2. The molecule has 0 atom stereocenters. The van der Waals surface area contributed by atoms with Crippen molar-refractivity contribution in [3.63, 3.8) is 0 Å². The van der Waals surface area contributed by atoms with Crippen LogP contribution < -0.4 is 10.2 Å². The van der Waals surface area contributed by atoms with E-state index in [1.807, 2.05) is 55.5 Å². The summed E-state index contributed by atoms with van der Waals surface area (Å²) in [5.41, 5.74) is 6.47. The van der Waals surface area contributed by atoms with E-state index in [4.69, 9.17) is 4.74 Å². The summed E-state index contributed by atoms with van der Waals surface area (Å²) in [6.45, 7) is 2.02. The molecule has 6 nitrogen and oxygen atoms in total. The third-order valence-corrected chi connectivity index (χ3v) is 3.67. The minimum atomic E-state index is -0.351. The number of rotatable bonds is 5. The first-order valence-electron chi connectivity index (χ1n) is 7.75. The quantitative estimate of drug-likeness (QED) is 0.556. The van der Waals surface area contributed by atoms with Crippen LogP contribution in [0.4, 0.5) is 0 Å². The summed E-state index contributed by atoms with van der Waals surface area (Å²) in [6, 6.07) is 17.0. The van der Waals surface area contributed by atoms with Gasteiger partial charge in [-0.3, -0.25) is 9.89 Å². The van der Waals surface area contributed by atoms with Crippen LogP contribution in [0, 0.1) is 6.92 Å². The van der Waals surface area contributed by atoms with Gasteiger partial charge >= 0.3 is 0 Å². The van der Waals surface area contributed by atoms with Gasteiger partial charge in [0.15, 0.2) is 0 Å². The van der Waals surface area contributed by atoms with Gasteiger partial charge in [0.05, 0.1) is 19.0 Å². The number of benzene rings is 2. The highest BCUT2D eigenvalue weighted by atomic mass is 16.5. The number of H-pyrrole nitrogens is 1. The highest BCUT2D eigenvalue weighted by Gasteiger charge is 2.10. The smallest absolute Gasteiger partial charge is 0.289 e. The molecule has 2 aromatic carbocycles. The van der Waals surface area contributed by atoms with Crippen molar-refractivity contribution < 1.29 is 9.53 Å². The molecular weight excluding hydrogens is 316 g/mol. The van der Waals surface area contributed by atoms with Crippen LogP contribution in [-0.2, 0) is 0 Å². The van der Waals surface area contributed by atoms with Crippen molar-refractivity contribution in [3.05, 3.63) is 71.4 Å². The van der Waals surface area contributed by atoms with Crippen LogP contribution in [0.5, 0.6) is 5.75 Å². The Bertz CT molecular complexity index is 881. The Morgan fingerprint density at radius 1 is 1.16 bits per heavy atom. The number of aryl methyl sites for hydroxylation is 1. The molecule has 0 radical (unpaired) electrons. The molecular formula is C19H18N4O2. The fourth-order valence-electron chi connectivity index (χ4n) is 2.23. The molecule has 0 aliphatic heterocycles. The molecule has 126 valence electrons. The van der Waals surface area contributed by atoms with E-state index in [0.29, 0.717) is 11.4 Å². The second-order valence-corrected chi connectivity index (χ2v) is 5.51. The molecule has 0 unspecified atom stereocenters. The second-order valence-electron chi connectivity index (χ2n) is 5.51. The van der Waals surface area contributed by atoms with Crippen LogP contribution in [0.3, 0.4) is 0 Å². The van der Waals surface area contributed by atoms with Crippen molar-refractivity contribution in [2.24, 2.45) is 5.10 Å². The van der Waals surface area contributed by atoms with Gasteiger partial charge in [-0.15, -0.1) is 0 Å². The van der Waals surface area contributed by atoms with E-state index in [9.17, 15) is 4.79 Å². The average Bonchev–Trinajstić information content (AvgIpc) is 3.13. The van der Waals surface area contributed by atoms with E-state index < -0.39 is 0 Å². The van der Waals surface area contributed by atoms with Crippen LogP contribution in [0.15, 0.2) is 59.7 Å². The van der Waals surface area contributed by atoms with Gasteiger partial charge in [-0.25, -0.2) is 5.43 Å². The minimum absolute atomic E-state index is 0.340. The monoisotopic (exact) mass is 334 g/mol. The zero-order chi connectivity index (χ0) is 17.6. The van der Waals surface area contributed by atoms with Crippen molar-refractivity contribution in [3.8, 4) is 17.0 Å². The molecule has 0 fully saturated rings. The molecule has 0 saturated heterocycles. The molecule has 3 rings (SSSR count). The fraction of sp³-hybridized carbons (Fsp3) is 0.105. The van der Waals surface area contributed by atoms with Gasteiger partial charge in [-0.05, 0) is 42.8 Å². The Balaban J connectivity index is 1.64. The number of nitrogens with one attached hydrogen (secondary N) is 2. The van der Waals surface area contributed by atoms with Gasteiger partial charge in [-0.2, -0.15) is 10.2 Å². The van der Waals surface area contributed by atoms with Gasteiger partial charge in [-0.1, -0.05) is 29.8 Å². The van der Waals surface area contributed by atoms with E-state index >= 15 is 0 Å². The van der Waals surface area contributed by atoms with E-state index in [1.54, 1.807) is 19.4 Å². The lowest BCUT2D eigenvalue weighted by Crippen LogP contribution is -2.17. The maximum atomic E-state index is 12.1. The standard InChI is InChI=1S/C19H18N4O2/c1-13-3-5-14(6-4-13)12-20-23-19(24)18-11-17(21-22-18)15-7-9-16(25-2)10-8-15/h3-12H,1-2H3,(H,21,22)(H,23,24)/b20-12+. The molecule has 3 aromatic rings. The van der Waals surface area contributed by atoms with Crippen molar-refractivity contribution in [2.75, 3.05) is 7.11 Å². The largest absolute Gasteiger partial charge is 0.497 e. The number of nitrogens with zero attached hydrogens (tertiary/aromatic N) is 2. The summed E-state index contributed by atoms with van der Waals surface area (Å²) in [5.74, 6) is 0.415. The molecule has 1 amide bonds. The second kappa shape index (κ2) is 7.44. The number of carbonyl (C=O) groups is 1. The maximum Gasteiger partial charge on any atom is 0.289 e. The van der Waals surface area contributed by atoms with Crippen molar-refractivity contribution in [1.29, 1.82) is 0 Å². The number of amides is 1. The summed E-state index contributed by atoms with van der Waals surface area (Å²) in [4.78, 5) is 12.1. The zero-order valence-electron chi connectivity index (χ0n) is 14.0. The first-order valence-corrected chi connectivity index (χ1v) is 7.75. The number of carbonyl (C=O) groups excluding carboxylic acids is 1. The summed E-state index contributed by atoms with van der Waals surface area (Å²) in [6.07, 6.45) is 1.60. The van der Waals surface area contributed by atoms with Crippen LogP contribution in [0.25, 0.3) is 11.3 Å². The summed E-state index contributed by atoms with van der Waals surface area (Å²) < 4.78 is 5.13. The predicted octanol–water partition coefficient (Wildman–Crippen LogP) is 3.16. The van der Waals surface area contributed by atoms with Gasteiger partial charge < -0.3 is 4.74 Å². The molecule has 25 heavy (non-hydrogen) atoms. The lowest BCUT2D eigenvalue weighted by atomic mass is 10.1. The molecule has 0 bridgehead atoms. The number of methoxy groups -OCH3 is 1. The van der Waals surface area contributed by atoms with Gasteiger partial charge in [0.1, 0.15) is 11.4 Å². The minimum Gasteiger partial charge on any atom is -0.497 e. The molecule has 2 N–H and O–H groups in total. The summed E-state index contributed by atoms with van der Waals surface area (Å²) in [5, 5.41) is 10.8. The van der Waals surface area contributed by atoms with Crippen LogP contribution in [-0.4, -0.2) is 29.4 Å². The average molecular weight is 334 g/mol. The highest BCUT2D eigenvalue weighted by molar-refractivity contribution is 5.94. The third kappa shape index (κ3) is 4.11. The van der Waals surface area contributed by atoms with Crippen LogP contribution in [0.2, 0.25) is 0 Å². The molecule has 0 aliphatic carbocycles. The highest BCUT2D eigenvalue weighted by Crippen LogP contribution is 2.21. The number of aromatic nitrogens is 2. The Labute approximate surface area is 145 Å². The molecule has 1 aromatic heterocycles. The van der Waals surface area contributed by atoms with Gasteiger partial charge in [0.2, 0.25) is 0 Å². The first kappa shape index (κ1) is 16.4. The summed E-state index contributed by atoms with van der Waals surface area (Å²) in [7, 11) is 1.61. The molecule has 0 spiro atoms. The summed E-state index contributed by atoms with van der Waals surface area (Å²) >= 11 is 0. The molecule has 0 saturated carbocycles. The van der Waals surface area contributed by atoms with Gasteiger partial charge in [0, 0.05) is 5.56 Å². The SMILES string of the molecule is COc1ccc(-c2cc(C(=O)N/N=C/c3ccc(C)cc3)[nH]n2)cc1. The Kier molecular flexibility index (Phi) is 4.89. The van der Waals surface area contributed by atoms with Crippen molar-refractivity contribution in [2.45, 2.75) is 6.92 Å². The third-order valence-electron chi connectivity index (χ3n) is 3.67. The van der Waals surface area contributed by atoms with Crippen LogP contribution >= 0.6 is 0 Å². The zero-order valence-corrected chi connectivity index (χ0v) is 14.0. The maximum absolute atomic E-state index is 12.1. The van der Waals surface area contributed by atoms with E-state index in [2.05, 4.69) is 20.7 Å². The van der Waals surface area contributed by atoms with Crippen molar-refractivity contribution in [1.82, 2.24) is 15.6 Å². The Morgan fingerprint density at radius 2 is 1.88 bits per heavy atom. The number of ether oxygens (including phenoxy) is 1. The van der Waals surface area contributed by atoms with E-state index in [-0.39, 0.29) is 5.91 Å². The first-order chi connectivity index (χ1) is 12.2. The van der Waals surface area contributed by atoms with E-state index in [0.717, 1.165) is 16.9 Å². The molecule has 1 heterocycles. The number of hydrogen-bond acceptors (Lipinski definition) is 4. The lowest BCUT2D eigenvalue weighted by molar-refractivity contribution is 0.0950. The Hall–Kier alpha value is -3.41. The topological polar surface area (TPSA) is 79.4 Å². The van der Waals surface area contributed by atoms with Crippen LogP contribution in [0.1, 0.15) is 21.6 Å². The van der Waals surface area contributed by atoms with Gasteiger partial charge in [0.25, 0.3) is 5.91 Å².